The van der Waals surface area contributed by atoms with E-state index in [1.54, 1.807) is 6.07 Å². The summed E-state index contributed by atoms with van der Waals surface area (Å²) in [5.74, 6) is 1.43. The third-order valence-corrected chi connectivity index (χ3v) is 4.69. The lowest BCUT2D eigenvalue weighted by molar-refractivity contribution is 0.471. The van der Waals surface area contributed by atoms with Gasteiger partial charge in [0.05, 0.1) is 11.0 Å². The molecule has 3 atom stereocenters. The van der Waals surface area contributed by atoms with Gasteiger partial charge in [-0.25, -0.2) is 9.37 Å². The van der Waals surface area contributed by atoms with Crippen molar-refractivity contribution in [2.24, 2.45) is 0 Å². The highest BCUT2D eigenvalue weighted by Crippen LogP contribution is 2.40. The second kappa shape index (κ2) is 4.04. The number of hydrogen-bond acceptors (Lipinski definition) is 2. The maximum atomic E-state index is 13.3. The molecule has 2 saturated heterocycles. The van der Waals surface area contributed by atoms with E-state index in [9.17, 15) is 4.39 Å². The van der Waals surface area contributed by atoms with Crippen LogP contribution in [0.1, 0.15) is 37.9 Å². The van der Waals surface area contributed by atoms with Gasteiger partial charge in [-0.2, -0.15) is 0 Å². The quantitative estimate of drug-likeness (QED) is 0.898. The molecular weight excluding hydrogens is 241 g/mol. The Morgan fingerprint density at radius 1 is 1.42 bits per heavy atom. The molecule has 3 unspecified atom stereocenters. The molecule has 3 heterocycles. The first-order valence-corrected chi connectivity index (χ1v) is 7.18. The number of imidazole rings is 1. The molecule has 2 aliphatic rings. The van der Waals surface area contributed by atoms with Crippen molar-refractivity contribution in [2.45, 2.75) is 50.7 Å². The highest BCUT2D eigenvalue weighted by molar-refractivity contribution is 5.76. The summed E-state index contributed by atoms with van der Waals surface area (Å²) in [6.07, 6.45) is 3.72. The molecule has 19 heavy (non-hydrogen) atoms. The molecule has 4 rings (SSSR count). The number of benzene rings is 1. The van der Waals surface area contributed by atoms with Crippen LogP contribution in [0, 0.1) is 5.82 Å². The Balaban J connectivity index is 1.85. The lowest BCUT2D eigenvalue weighted by Crippen LogP contribution is -2.23. The summed E-state index contributed by atoms with van der Waals surface area (Å²) in [6.45, 7) is 3.03. The van der Waals surface area contributed by atoms with Crippen LogP contribution in [-0.2, 0) is 6.54 Å². The second-order valence-corrected chi connectivity index (χ2v) is 5.74. The van der Waals surface area contributed by atoms with Gasteiger partial charge in [-0.05, 0) is 38.3 Å². The van der Waals surface area contributed by atoms with Crippen molar-refractivity contribution in [1.29, 1.82) is 0 Å². The third kappa shape index (κ3) is 1.62. The molecule has 0 spiro atoms. The third-order valence-electron chi connectivity index (χ3n) is 4.69. The fraction of sp³-hybridized carbons (Fsp3) is 0.533. The number of nitrogens with zero attached hydrogens (tertiary/aromatic N) is 2. The molecule has 0 saturated carbocycles. The van der Waals surface area contributed by atoms with Crippen LogP contribution in [0.5, 0.6) is 0 Å². The molecule has 3 nitrogen and oxygen atoms in total. The van der Waals surface area contributed by atoms with Crippen molar-refractivity contribution in [1.82, 2.24) is 14.9 Å². The van der Waals surface area contributed by atoms with Gasteiger partial charge in [-0.1, -0.05) is 0 Å². The van der Waals surface area contributed by atoms with E-state index in [1.165, 1.54) is 25.3 Å². The van der Waals surface area contributed by atoms with Crippen LogP contribution in [0.2, 0.25) is 0 Å². The van der Waals surface area contributed by atoms with Crippen molar-refractivity contribution < 1.29 is 4.39 Å². The number of hydrogen-bond donors (Lipinski definition) is 1. The molecule has 0 aliphatic carbocycles. The molecule has 0 amide bonds. The first-order chi connectivity index (χ1) is 9.26. The van der Waals surface area contributed by atoms with Gasteiger partial charge in [0, 0.05) is 30.6 Å². The van der Waals surface area contributed by atoms with E-state index in [0.29, 0.717) is 18.0 Å². The Labute approximate surface area is 111 Å². The second-order valence-electron chi connectivity index (χ2n) is 5.74. The molecule has 2 aromatic rings. The van der Waals surface area contributed by atoms with Crippen molar-refractivity contribution in [2.75, 3.05) is 0 Å². The van der Waals surface area contributed by atoms with Gasteiger partial charge >= 0.3 is 0 Å². The molecule has 1 aromatic heterocycles. The highest BCUT2D eigenvalue weighted by Gasteiger charge is 2.41. The maximum Gasteiger partial charge on any atom is 0.125 e. The Kier molecular flexibility index (Phi) is 2.42. The minimum absolute atomic E-state index is 0.203. The largest absolute Gasteiger partial charge is 0.328 e. The van der Waals surface area contributed by atoms with Gasteiger partial charge in [-0.3, -0.25) is 0 Å². The van der Waals surface area contributed by atoms with E-state index in [-0.39, 0.29) is 5.82 Å². The van der Waals surface area contributed by atoms with E-state index in [2.05, 4.69) is 16.8 Å². The van der Waals surface area contributed by atoms with Gasteiger partial charge in [-0.15, -0.1) is 0 Å². The fourth-order valence-corrected chi connectivity index (χ4v) is 3.85. The average molecular weight is 259 g/mol. The first-order valence-electron chi connectivity index (χ1n) is 7.18. The van der Waals surface area contributed by atoms with Crippen LogP contribution < -0.4 is 5.32 Å². The molecule has 1 aromatic carbocycles. The van der Waals surface area contributed by atoms with Crippen molar-refractivity contribution in [3.05, 3.63) is 29.8 Å². The van der Waals surface area contributed by atoms with Crippen LogP contribution in [-0.4, -0.2) is 21.6 Å². The minimum Gasteiger partial charge on any atom is -0.328 e. The van der Waals surface area contributed by atoms with Crippen molar-refractivity contribution in [3.63, 3.8) is 0 Å². The van der Waals surface area contributed by atoms with Gasteiger partial charge < -0.3 is 9.88 Å². The first kappa shape index (κ1) is 11.4. The summed E-state index contributed by atoms with van der Waals surface area (Å²) in [6, 6.07) is 6.16. The lowest BCUT2D eigenvalue weighted by Gasteiger charge is -2.20. The Morgan fingerprint density at radius 3 is 3.00 bits per heavy atom. The SMILES string of the molecule is CCn1c(C2CC3CCC2N3)nc2cc(F)ccc21. The Hall–Kier alpha value is -1.42. The zero-order chi connectivity index (χ0) is 13.0. The summed E-state index contributed by atoms with van der Waals surface area (Å²) in [7, 11) is 0. The van der Waals surface area contributed by atoms with Crippen LogP contribution in [0.25, 0.3) is 11.0 Å². The number of halogens is 1. The summed E-state index contributed by atoms with van der Waals surface area (Å²) in [5.41, 5.74) is 1.85. The van der Waals surface area contributed by atoms with Crippen LogP contribution in [0.15, 0.2) is 18.2 Å². The summed E-state index contributed by atoms with van der Waals surface area (Å²) in [4.78, 5) is 4.73. The van der Waals surface area contributed by atoms with E-state index in [0.717, 1.165) is 23.4 Å². The summed E-state index contributed by atoms with van der Waals surface area (Å²) < 4.78 is 15.6. The summed E-state index contributed by atoms with van der Waals surface area (Å²) >= 11 is 0. The number of nitrogens with one attached hydrogen (secondary N) is 1. The number of rotatable bonds is 2. The summed E-state index contributed by atoms with van der Waals surface area (Å²) in [5, 5.41) is 3.66. The molecule has 2 bridgehead atoms. The van der Waals surface area contributed by atoms with E-state index in [4.69, 9.17) is 4.98 Å². The van der Waals surface area contributed by atoms with E-state index in [1.807, 2.05) is 6.07 Å². The van der Waals surface area contributed by atoms with Crippen molar-refractivity contribution in [3.8, 4) is 0 Å². The highest BCUT2D eigenvalue weighted by atomic mass is 19.1. The minimum atomic E-state index is -0.203. The zero-order valence-electron chi connectivity index (χ0n) is 11.1. The molecule has 0 radical (unpaired) electrons. The fourth-order valence-electron chi connectivity index (χ4n) is 3.85. The predicted octanol–water partition coefficient (Wildman–Crippen LogP) is 2.80. The van der Waals surface area contributed by atoms with Gasteiger partial charge in [0.15, 0.2) is 0 Å². The topological polar surface area (TPSA) is 29.9 Å². The number of aromatic nitrogens is 2. The smallest absolute Gasteiger partial charge is 0.125 e. The molecular formula is C15H18FN3. The maximum absolute atomic E-state index is 13.3. The standard InChI is InChI=1S/C15H18FN3/c1-2-19-14-6-3-9(16)7-13(14)18-15(19)11-8-10-4-5-12(11)17-10/h3,6-7,10-12,17H,2,4-5,8H2,1H3. The van der Waals surface area contributed by atoms with Crippen LogP contribution >= 0.6 is 0 Å². The molecule has 100 valence electrons. The lowest BCUT2D eigenvalue weighted by atomic mass is 9.88. The predicted molar refractivity (Wildman–Crippen MR) is 72.7 cm³/mol. The van der Waals surface area contributed by atoms with E-state index >= 15 is 0 Å². The molecule has 2 aliphatic heterocycles. The Bertz CT molecular complexity index is 634. The zero-order valence-corrected chi connectivity index (χ0v) is 11.1. The molecule has 1 N–H and O–H groups in total. The van der Waals surface area contributed by atoms with Gasteiger partial charge in [0.1, 0.15) is 11.6 Å². The average Bonchev–Trinajstić information content (AvgIpc) is 3.10. The van der Waals surface area contributed by atoms with Gasteiger partial charge in [0.25, 0.3) is 0 Å². The number of aryl methyl sites for hydroxylation is 1. The molecule has 4 heteroatoms. The number of fused-ring (bicyclic) bond motifs is 3. The van der Waals surface area contributed by atoms with Gasteiger partial charge in [0.2, 0.25) is 0 Å². The van der Waals surface area contributed by atoms with E-state index < -0.39 is 0 Å². The molecule has 2 fully saturated rings. The normalized spacial score (nSPS) is 29.5. The van der Waals surface area contributed by atoms with Crippen LogP contribution in [0.4, 0.5) is 4.39 Å². The van der Waals surface area contributed by atoms with Crippen LogP contribution in [0.3, 0.4) is 0 Å². The van der Waals surface area contributed by atoms with Crippen molar-refractivity contribution >= 4 is 11.0 Å². The Morgan fingerprint density at radius 2 is 2.32 bits per heavy atom. The monoisotopic (exact) mass is 259 g/mol.